The summed E-state index contributed by atoms with van der Waals surface area (Å²) in [6.45, 7) is 1.92. The van der Waals surface area contributed by atoms with Gasteiger partial charge in [-0.25, -0.2) is 8.78 Å². The molecule has 0 amide bonds. The van der Waals surface area contributed by atoms with E-state index >= 15 is 0 Å². The van der Waals surface area contributed by atoms with Gasteiger partial charge in [-0.3, -0.25) is 0 Å². The zero-order chi connectivity index (χ0) is 6.41. The lowest BCUT2D eigenvalue weighted by Crippen LogP contribution is -1.72. The van der Waals surface area contributed by atoms with E-state index in [0.29, 0.717) is 6.42 Å². The van der Waals surface area contributed by atoms with Gasteiger partial charge in [0.05, 0.1) is 0 Å². The van der Waals surface area contributed by atoms with Gasteiger partial charge in [-0.2, -0.15) is 0 Å². The van der Waals surface area contributed by atoms with Crippen LogP contribution in [0, 0.1) is 6.33 Å². The van der Waals surface area contributed by atoms with Crippen LogP contribution in [0.2, 0.25) is 0 Å². The van der Waals surface area contributed by atoms with Crippen molar-refractivity contribution in [3.8, 4) is 0 Å². The van der Waals surface area contributed by atoms with Crippen LogP contribution < -0.4 is 0 Å². The second-order valence-electron chi connectivity index (χ2n) is 1.60. The molecule has 0 heterocycles. The molecule has 0 aromatic carbocycles. The number of rotatable bonds is 3. The fraction of sp³-hybridized carbons (Fsp3) is 0.667. The lowest BCUT2D eigenvalue weighted by atomic mass is 10.2. The Labute approximate surface area is 48.2 Å². The van der Waals surface area contributed by atoms with Crippen LogP contribution in [0.5, 0.6) is 0 Å². The second-order valence-corrected chi connectivity index (χ2v) is 1.60. The molecule has 0 aliphatic rings. The average Bonchev–Trinajstić information content (AvgIpc) is 1.83. The van der Waals surface area contributed by atoms with Crippen LogP contribution in [-0.2, 0) is 0 Å². The molecule has 0 saturated carbocycles. The van der Waals surface area contributed by atoms with Crippen LogP contribution in [0.1, 0.15) is 26.2 Å². The molecule has 0 unspecified atom stereocenters. The van der Waals surface area contributed by atoms with Crippen LogP contribution in [0.25, 0.3) is 0 Å². The molecule has 0 aromatic rings. The second kappa shape index (κ2) is 4.75. The van der Waals surface area contributed by atoms with Crippen molar-refractivity contribution < 1.29 is 8.78 Å². The van der Waals surface area contributed by atoms with E-state index in [4.69, 9.17) is 0 Å². The van der Waals surface area contributed by atoms with Crippen LogP contribution in [0.4, 0.5) is 8.78 Å². The molecule has 0 nitrogen and oxygen atoms in total. The Morgan fingerprint density at radius 3 is 2.62 bits per heavy atom. The highest BCUT2D eigenvalue weighted by Gasteiger charge is 1.91. The van der Waals surface area contributed by atoms with E-state index in [-0.39, 0.29) is 6.42 Å². The maximum absolute atomic E-state index is 11.7. The molecular formula is C6H9F2. The van der Waals surface area contributed by atoms with E-state index in [1.807, 2.05) is 6.92 Å². The van der Waals surface area contributed by atoms with Gasteiger partial charge in [0.2, 0.25) is 0 Å². The topological polar surface area (TPSA) is 0 Å². The number of hydrogen-bond acceptors (Lipinski definition) is 0. The van der Waals surface area contributed by atoms with E-state index in [0.717, 1.165) is 12.8 Å². The molecule has 0 aliphatic carbocycles. The zero-order valence-electron chi connectivity index (χ0n) is 4.88. The summed E-state index contributed by atoms with van der Waals surface area (Å²) in [5.41, 5.74) is 0. The van der Waals surface area contributed by atoms with Gasteiger partial charge in [0.25, 0.3) is 0 Å². The SMILES string of the molecule is CCCC/C(F)=[C]\F. The van der Waals surface area contributed by atoms with Crippen molar-refractivity contribution in [3.05, 3.63) is 12.2 Å². The Kier molecular flexibility index (Phi) is 4.51. The lowest BCUT2D eigenvalue weighted by Gasteiger charge is -1.88. The van der Waals surface area contributed by atoms with Crippen molar-refractivity contribution >= 4 is 0 Å². The summed E-state index contributed by atoms with van der Waals surface area (Å²) in [4.78, 5) is 0. The molecule has 0 spiro atoms. The summed E-state index contributed by atoms with van der Waals surface area (Å²) in [6.07, 6.45) is 2.72. The first-order valence-electron chi connectivity index (χ1n) is 2.69. The van der Waals surface area contributed by atoms with Crippen LogP contribution in [0.3, 0.4) is 0 Å². The first-order chi connectivity index (χ1) is 3.81. The number of allylic oxidation sites excluding steroid dienone is 1. The smallest absolute Gasteiger partial charge is 0.192 e. The quantitative estimate of drug-likeness (QED) is 0.535. The van der Waals surface area contributed by atoms with Gasteiger partial charge in [0.15, 0.2) is 6.33 Å². The van der Waals surface area contributed by atoms with Crippen molar-refractivity contribution in [1.29, 1.82) is 0 Å². The summed E-state index contributed by atoms with van der Waals surface area (Å²) in [5, 5.41) is 0. The van der Waals surface area contributed by atoms with E-state index in [1.54, 1.807) is 0 Å². The molecule has 0 saturated heterocycles. The standard InChI is InChI=1S/C6H9F2/c1-2-3-4-6(8)5-7/h2-4H2,1H3. The first kappa shape index (κ1) is 7.60. The molecule has 0 rings (SSSR count). The van der Waals surface area contributed by atoms with Crippen molar-refractivity contribution in [2.45, 2.75) is 26.2 Å². The minimum Gasteiger partial charge on any atom is -0.208 e. The highest BCUT2D eigenvalue weighted by molar-refractivity contribution is 4.78. The van der Waals surface area contributed by atoms with Crippen LogP contribution >= 0.6 is 0 Å². The van der Waals surface area contributed by atoms with Crippen LogP contribution in [0.15, 0.2) is 5.83 Å². The first-order valence-corrected chi connectivity index (χ1v) is 2.69. The molecule has 0 fully saturated rings. The molecule has 0 aliphatic heterocycles. The van der Waals surface area contributed by atoms with Gasteiger partial charge < -0.3 is 0 Å². The summed E-state index contributed by atoms with van der Waals surface area (Å²) in [6, 6.07) is 0. The molecule has 0 N–H and O–H groups in total. The molecule has 0 atom stereocenters. The number of hydrogen-bond donors (Lipinski definition) is 0. The maximum atomic E-state index is 11.7. The van der Waals surface area contributed by atoms with Gasteiger partial charge in [0.1, 0.15) is 5.83 Å². The lowest BCUT2D eigenvalue weighted by molar-refractivity contribution is 0.518. The normalized spacial score (nSPS) is 12.1. The summed E-state index contributed by atoms with van der Waals surface area (Å²) in [5.74, 6) is -0.771. The van der Waals surface area contributed by atoms with Gasteiger partial charge >= 0.3 is 0 Å². The maximum Gasteiger partial charge on any atom is 0.192 e. The minimum absolute atomic E-state index is 0.188. The highest BCUT2D eigenvalue weighted by Crippen LogP contribution is 2.06. The van der Waals surface area contributed by atoms with Gasteiger partial charge in [-0.05, 0) is 6.42 Å². The summed E-state index contributed by atoms with van der Waals surface area (Å²) >= 11 is 0. The van der Waals surface area contributed by atoms with Crippen molar-refractivity contribution in [1.82, 2.24) is 0 Å². The molecule has 2 heteroatoms. The van der Waals surface area contributed by atoms with E-state index < -0.39 is 5.83 Å². The van der Waals surface area contributed by atoms with Crippen LogP contribution in [-0.4, -0.2) is 0 Å². The largest absolute Gasteiger partial charge is 0.208 e. The molecule has 0 aromatic heterocycles. The number of unbranched alkanes of at least 4 members (excludes halogenated alkanes) is 1. The Morgan fingerprint density at radius 2 is 2.25 bits per heavy atom. The molecule has 0 bridgehead atoms. The Hall–Kier alpha value is -0.400. The molecule has 47 valence electrons. The monoisotopic (exact) mass is 119 g/mol. The minimum atomic E-state index is -0.771. The third-order valence-corrected chi connectivity index (χ3v) is 0.852. The Balaban J connectivity index is 3.12. The molecular weight excluding hydrogens is 110 g/mol. The molecule has 8 heavy (non-hydrogen) atoms. The van der Waals surface area contributed by atoms with E-state index in [2.05, 4.69) is 0 Å². The fourth-order valence-corrected chi connectivity index (χ4v) is 0.379. The Bertz CT molecular complexity index is 76.6. The van der Waals surface area contributed by atoms with Gasteiger partial charge in [0, 0.05) is 6.42 Å². The fourth-order valence-electron chi connectivity index (χ4n) is 0.379. The third kappa shape index (κ3) is 3.78. The number of halogens is 2. The van der Waals surface area contributed by atoms with E-state index in [9.17, 15) is 8.78 Å². The Morgan fingerprint density at radius 1 is 1.62 bits per heavy atom. The summed E-state index contributed by atoms with van der Waals surface area (Å²) < 4.78 is 22.8. The van der Waals surface area contributed by atoms with Gasteiger partial charge in [-0.1, -0.05) is 13.3 Å². The van der Waals surface area contributed by atoms with Gasteiger partial charge in [-0.15, -0.1) is 0 Å². The van der Waals surface area contributed by atoms with Crippen molar-refractivity contribution in [2.75, 3.05) is 0 Å². The van der Waals surface area contributed by atoms with Crippen molar-refractivity contribution in [3.63, 3.8) is 0 Å². The van der Waals surface area contributed by atoms with E-state index in [1.165, 1.54) is 0 Å². The third-order valence-electron chi connectivity index (χ3n) is 0.852. The zero-order valence-corrected chi connectivity index (χ0v) is 4.88. The predicted octanol–water partition coefficient (Wildman–Crippen LogP) is 2.76. The average molecular weight is 119 g/mol. The summed E-state index contributed by atoms with van der Waals surface area (Å²) in [7, 11) is 0. The molecule has 1 radical (unpaired) electrons. The van der Waals surface area contributed by atoms with Crippen molar-refractivity contribution in [2.24, 2.45) is 0 Å². The predicted molar refractivity (Wildman–Crippen MR) is 28.5 cm³/mol. The highest BCUT2D eigenvalue weighted by atomic mass is 19.2.